The number of halogens is 1. The first-order valence-corrected chi connectivity index (χ1v) is 4.47. The Morgan fingerprint density at radius 3 is 2.71 bits per heavy atom. The summed E-state index contributed by atoms with van der Waals surface area (Å²) < 4.78 is 13.5. The Morgan fingerprint density at radius 1 is 1.41 bits per heavy atom. The van der Waals surface area contributed by atoms with Crippen LogP contribution >= 0.6 is 0 Å². The van der Waals surface area contributed by atoms with E-state index in [1.54, 1.807) is 0 Å². The molecular weight excluding hydrogens is 231 g/mol. The molecule has 0 radical (unpaired) electrons. The van der Waals surface area contributed by atoms with E-state index in [4.69, 9.17) is 5.11 Å². The van der Waals surface area contributed by atoms with Gasteiger partial charge in [-0.05, 0) is 12.1 Å². The van der Waals surface area contributed by atoms with Gasteiger partial charge in [0.1, 0.15) is 5.82 Å². The standard InChI is InChI=1S/C10H5FN2O4/c11-6-1-2-7(13(16)17)5-3-4-12-9(8(5)6)10(14)15/h1-4H,(H,14,15). The van der Waals surface area contributed by atoms with Gasteiger partial charge in [0, 0.05) is 12.3 Å². The number of aromatic carboxylic acids is 1. The van der Waals surface area contributed by atoms with Crippen molar-refractivity contribution < 1.29 is 19.2 Å². The topological polar surface area (TPSA) is 93.3 Å². The summed E-state index contributed by atoms with van der Waals surface area (Å²) in [6, 6.07) is 3.06. The van der Waals surface area contributed by atoms with Gasteiger partial charge in [-0.2, -0.15) is 0 Å². The van der Waals surface area contributed by atoms with Gasteiger partial charge in [-0.1, -0.05) is 0 Å². The van der Waals surface area contributed by atoms with Crippen LogP contribution in [0.3, 0.4) is 0 Å². The van der Waals surface area contributed by atoms with Crippen LogP contribution < -0.4 is 0 Å². The van der Waals surface area contributed by atoms with Crippen LogP contribution in [0.4, 0.5) is 10.1 Å². The third-order valence-corrected chi connectivity index (χ3v) is 2.25. The summed E-state index contributed by atoms with van der Waals surface area (Å²) in [6.45, 7) is 0. The lowest BCUT2D eigenvalue weighted by Gasteiger charge is -2.03. The number of non-ortho nitro benzene ring substituents is 1. The Bertz CT molecular complexity index is 641. The number of nitro groups is 1. The fourth-order valence-electron chi connectivity index (χ4n) is 1.56. The van der Waals surface area contributed by atoms with Gasteiger partial charge < -0.3 is 5.11 Å². The number of carboxylic acid groups (broad SMARTS) is 1. The molecule has 2 rings (SSSR count). The summed E-state index contributed by atoms with van der Waals surface area (Å²) in [5.74, 6) is -2.29. The molecule has 1 aromatic carbocycles. The van der Waals surface area contributed by atoms with Crippen molar-refractivity contribution in [3.8, 4) is 0 Å². The van der Waals surface area contributed by atoms with Crippen molar-refractivity contribution in [2.75, 3.05) is 0 Å². The minimum Gasteiger partial charge on any atom is -0.476 e. The van der Waals surface area contributed by atoms with Crippen LogP contribution in [-0.4, -0.2) is 21.0 Å². The van der Waals surface area contributed by atoms with Crippen molar-refractivity contribution in [2.24, 2.45) is 0 Å². The molecule has 0 aliphatic rings. The highest BCUT2D eigenvalue weighted by atomic mass is 19.1. The van der Waals surface area contributed by atoms with E-state index in [0.29, 0.717) is 0 Å². The average molecular weight is 236 g/mol. The van der Waals surface area contributed by atoms with Gasteiger partial charge in [-0.15, -0.1) is 0 Å². The van der Waals surface area contributed by atoms with Crippen LogP contribution in [0.5, 0.6) is 0 Å². The summed E-state index contributed by atoms with van der Waals surface area (Å²) >= 11 is 0. The molecule has 0 unspecified atom stereocenters. The molecule has 86 valence electrons. The van der Waals surface area contributed by atoms with E-state index in [2.05, 4.69) is 4.98 Å². The average Bonchev–Trinajstić information content (AvgIpc) is 2.28. The molecule has 7 heteroatoms. The van der Waals surface area contributed by atoms with Crippen LogP contribution in [0, 0.1) is 15.9 Å². The predicted molar refractivity (Wildman–Crippen MR) is 55.3 cm³/mol. The maximum absolute atomic E-state index is 13.5. The molecule has 0 saturated heterocycles. The van der Waals surface area contributed by atoms with E-state index in [0.717, 1.165) is 18.3 Å². The number of hydrogen-bond donors (Lipinski definition) is 1. The van der Waals surface area contributed by atoms with Crippen LogP contribution in [0.2, 0.25) is 0 Å². The largest absolute Gasteiger partial charge is 0.476 e. The summed E-state index contributed by atoms with van der Waals surface area (Å²) in [6.07, 6.45) is 1.10. The fraction of sp³-hybridized carbons (Fsp3) is 0. The quantitative estimate of drug-likeness (QED) is 0.635. The van der Waals surface area contributed by atoms with E-state index >= 15 is 0 Å². The van der Waals surface area contributed by atoms with Crippen molar-refractivity contribution in [1.29, 1.82) is 0 Å². The highest BCUT2D eigenvalue weighted by molar-refractivity contribution is 6.04. The van der Waals surface area contributed by atoms with Crippen molar-refractivity contribution >= 4 is 22.4 Å². The molecule has 1 N–H and O–H groups in total. The molecule has 2 aromatic rings. The van der Waals surface area contributed by atoms with Gasteiger partial charge in [-0.3, -0.25) is 10.1 Å². The number of nitro benzene ring substituents is 1. The van der Waals surface area contributed by atoms with E-state index in [9.17, 15) is 19.3 Å². The number of pyridine rings is 1. The third-order valence-electron chi connectivity index (χ3n) is 2.25. The van der Waals surface area contributed by atoms with Gasteiger partial charge in [0.25, 0.3) is 5.69 Å². The zero-order valence-electron chi connectivity index (χ0n) is 8.25. The monoisotopic (exact) mass is 236 g/mol. The number of hydrogen-bond acceptors (Lipinski definition) is 4. The molecule has 0 aliphatic carbocycles. The molecule has 0 amide bonds. The molecule has 0 bridgehead atoms. The van der Waals surface area contributed by atoms with Crippen molar-refractivity contribution in [1.82, 2.24) is 4.98 Å². The zero-order chi connectivity index (χ0) is 12.6. The fourth-order valence-corrected chi connectivity index (χ4v) is 1.56. The van der Waals surface area contributed by atoms with E-state index in [-0.39, 0.29) is 16.5 Å². The third kappa shape index (κ3) is 1.67. The lowest BCUT2D eigenvalue weighted by atomic mass is 10.1. The number of carbonyl (C=O) groups is 1. The second kappa shape index (κ2) is 3.78. The smallest absolute Gasteiger partial charge is 0.355 e. The van der Waals surface area contributed by atoms with Crippen molar-refractivity contribution in [2.45, 2.75) is 0 Å². The normalized spacial score (nSPS) is 10.4. The Balaban J connectivity index is 2.95. The number of carboxylic acids is 1. The van der Waals surface area contributed by atoms with Gasteiger partial charge >= 0.3 is 5.97 Å². The minimum absolute atomic E-state index is 0.0811. The van der Waals surface area contributed by atoms with Crippen molar-refractivity contribution in [3.05, 3.63) is 46.0 Å². The SMILES string of the molecule is O=C(O)c1nccc2c([N+](=O)[O-])ccc(F)c12. The Hall–Kier alpha value is -2.57. The molecular formula is C10H5FN2O4. The number of rotatable bonds is 2. The number of fused-ring (bicyclic) bond motifs is 1. The van der Waals surface area contributed by atoms with Crippen LogP contribution in [-0.2, 0) is 0 Å². The molecule has 1 heterocycles. The number of benzene rings is 1. The van der Waals surface area contributed by atoms with E-state index < -0.39 is 22.4 Å². The molecule has 0 aliphatic heterocycles. The van der Waals surface area contributed by atoms with Gasteiger partial charge in [0.15, 0.2) is 5.69 Å². The second-order valence-corrected chi connectivity index (χ2v) is 3.21. The highest BCUT2D eigenvalue weighted by Crippen LogP contribution is 2.29. The zero-order valence-corrected chi connectivity index (χ0v) is 8.25. The summed E-state index contributed by atoms with van der Waals surface area (Å²) in [4.78, 5) is 24.4. The van der Waals surface area contributed by atoms with Crippen LogP contribution in [0.15, 0.2) is 24.4 Å². The Morgan fingerprint density at radius 2 is 2.12 bits per heavy atom. The Kier molecular flexibility index (Phi) is 2.43. The molecule has 17 heavy (non-hydrogen) atoms. The van der Waals surface area contributed by atoms with Gasteiger partial charge in [0.05, 0.1) is 15.7 Å². The highest BCUT2D eigenvalue weighted by Gasteiger charge is 2.20. The van der Waals surface area contributed by atoms with Gasteiger partial charge in [-0.25, -0.2) is 14.2 Å². The maximum atomic E-state index is 13.5. The summed E-state index contributed by atoms with van der Waals surface area (Å²) in [5, 5.41) is 19.1. The summed E-state index contributed by atoms with van der Waals surface area (Å²) in [7, 11) is 0. The molecule has 0 atom stereocenters. The maximum Gasteiger partial charge on any atom is 0.355 e. The summed E-state index contributed by atoms with van der Waals surface area (Å²) in [5.41, 5.74) is -0.894. The molecule has 0 fully saturated rings. The van der Waals surface area contributed by atoms with Crippen LogP contribution in [0.1, 0.15) is 10.5 Å². The first kappa shape index (κ1) is 10.9. The predicted octanol–water partition coefficient (Wildman–Crippen LogP) is 1.98. The number of nitrogens with zero attached hydrogens (tertiary/aromatic N) is 2. The van der Waals surface area contributed by atoms with E-state index in [1.165, 1.54) is 6.07 Å². The van der Waals surface area contributed by atoms with Crippen molar-refractivity contribution in [3.63, 3.8) is 0 Å². The minimum atomic E-state index is -1.44. The molecule has 1 aromatic heterocycles. The lowest BCUT2D eigenvalue weighted by molar-refractivity contribution is -0.383. The van der Waals surface area contributed by atoms with Crippen LogP contribution in [0.25, 0.3) is 10.8 Å². The van der Waals surface area contributed by atoms with Gasteiger partial charge in [0.2, 0.25) is 0 Å². The first-order chi connectivity index (χ1) is 8.02. The lowest BCUT2D eigenvalue weighted by Crippen LogP contribution is -2.03. The van der Waals surface area contributed by atoms with E-state index in [1.807, 2.05) is 0 Å². The molecule has 0 spiro atoms. The first-order valence-electron chi connectivity index (χ1n) is 4.47. The Labute approximate surface area is 93.5 Å². The molecule has 6 nitrogen and oxygen atoms in total. The second-order valence-electron chi connectivity index (χ2n) is 3.21. The number of aromatic nitrogens is 1. The molecule has 0 saturated carbocycles.